The summed E-state index contributed by atoms with van der Waals surface area (Å²) in [5.41, 5.74) is 7.44. The Morgan fingerprint density at radius 1 is 0.932 bits per heavy atom. The summed E-state index contributed by atoms with van der Waals surface area (Å²) < 4.78 is 13.0. The van der Waals surface area contributed by atoms with Gasteiger partial charge in [0.1, 0.15) is 0 Å². The van der Waals surface area contributed by atoms with E-state index >= 15 is 0 Å². The Morgan fingerprint density at radius 3 is 2.34 bits per heavy atom. The summed E-state index contributed by atoms with van der Waals surface area (Å²) in [7, 11) is 2.05. The van der Waals surface area contributed by atoms with E-state index in [4.69, 9.17) is 14.7 Å². The van der Waals surface area contributed by atoms with Crippen LogP contribution in [-0.2, 0) is 32.2 Å². The average molecular weight is 602 g/mol. The fourth-order valence-corrected chi connectivity index (χ4v) is 5.32. The molecule has 0 bridgehead atoms. The number of amides is 2. The van der Waals surface area contributed by atoms with Gasteiger partial charge >= 0.3 is 0 Å². The minimum atomic E-state index is -0.556. The number of benzene rings is 3. The van der Waals surface area contributed by atoms with E-state index in [1.807, 2.05) is 66.7 Å². The van der Waals surface area contributed by atoms with Crippen molar-refractivity contribution < 1.29 is 29.4 Å². The second-order valence-electron chi connectivity index (χ2n) is 11.2. The van der Waals surface area contributed by atoms with Gasteiger partial charge in [0.15, 0.2) is 6.29 Å². The van der Waals surface area contributed by atoms with Gasteiger partial charge in [-0.15, -0.1) is 6.58 Å². The highest BCUT2D eigenvalue weighted by Crippen LogP contribution is 2.39. The van der Waals surface area contributed by atoms with E-state index < -0.39 is 12.2 Å². The first-order valence-electron chi connectivity index (χ1n) is 15.1. The molecule has 1 aliphatic heterocycles. The van der Waals surface area contributed by atoms with E-state index in [0.29, 0.717) is 32.2 Å². The molecule has 0 saturated carbocycles. The number of likely N-dealkylation sites (N-methyl/N-ethyl adjacent to an activating group) is 1. The fraction of sp³-hybridized carbons (Fsp3) is 0.371. The average Bonchev–Trinajstić information content (AvgIpc) is 3.05. The third-order valence-electron chi connectivity index (χ3n) is 7.66. The molecule has 3 atom stereocenters. The summed E-state index contributed by atoms with van der Waals surface area (Å²) in [5, 5.41) is 21.0. The maximum Gasteiger partial charge on any atom is 0.243 e. The summed E-state index contributed by atoms with van der Waals surface area (Å²) in [6.45, 7) is 5.75. The number of hydrogen-bond acceptors (Lipinski definition) is 7. The Kier molecular flexibility index (Phi) is 12.6. The third-order valence-corrected chi connectivity index (χ3v) is 7.66. The van der Waals surface area contributed by atoms with Crippen LogP contribution < -0.4 is 10.8 Å². The highest BCUT2D eigenvalue weighted by molar-refractivity contribution is 5.76. The summed E-state index contributed by atoms with van der Waals surface area (Å²) in [5.74, 6) is -0.528. The van der Waals surface area contributed by atoms with Crippen LogP contribution in [0.1, 0.15) is 66.8 Å². The quantitative estimate of drug-likeness (QED) is 0.0819. The predicted molar refractivity (Wildman–Crippen MR) is 168 cm³/mol. The number of nitrogens with zero attached hydrogens (tertiary/aromatic N) is 1. The largest absolute Gasteiger partial charge is 0.392 e. The van der Waals surface area contributed by atoms with Crippen molar-refractivity contribution in [3.05, 3.63) is 108 Å². The van der Waals surface area contributed by atoms with Crippen LogP contribution in [0.25, 0.3) is 11.1 Å². The molecule has 0 aliphatic carbocycles. The maximum atomic E-state index is 12.3. The lowest BCUT2D eigenvalue weighted by Gasteiger charge is -2.37. The van der Waals surface area contributed by atoms with Crippen LogP contribution in [0, 0.1) is 0 Å². The molecule has 44 heavy (non-hydrogen) atoms. The second-order valence-corrected chi connectivity index (χ2v) is 11.2. The van der Waals surface area contributed by atoms with Gasteiger partial charge in [-0.1, -0.05) is 66.7 Å². The van der Waals surface area contributed by atoms with Crippen LogP contribution in [-0.4, -0.2) is 53.3 Å². The summed E-state index contributed by atoms with van der Waals surface area (Å²) in [6, 6.07) is 24.1. The lowest BCUT2D eigenvalue weighted by atomic mass is 9.98. The number of rotatable bonds is 15. The van der Waals surface area contributed by atoms with Gasteiger partial charge in [0.25, 0.3) is 0 Å². The smallest absolute Gasteiger partial charge is 0.243 e. The molecule has 1 heterocycles. The van der Waals surface area contributed by atoms with Gasteiger partial charge in [-0.25, -0.2) is 5.48 Å². The van der Waals surface area contributed by atoms with Gasteiger partial charge < -0.3 is 24.8 Å². The van der Waals surface area contributed by atoms with E-state index in [9.17, 15) is 14.7 Å². The van der Waals surface area contributed by atoms with E-state index in [-0.39, 0.29) is 31.1 Å². The highest BCUT2D eigenvalue weighted by Gasteiger charge is 2.32. The van der Waals surface area contributed by atoms with Crippen molar-refractivity contribution in [3.8, 4) is 11.1 Å². The molecule has 234 valence electrons. The van der Waals surface area contributed by atoms with Gasteiger partial charge in [-0.05, 0) is 59.8 Å². The molecule has 3 aromatic carbocycles. The van der Waals surface area contributed by atoms with Gasteiger partial charge in [-0.3, -0.25) is 14.8 Å². The number of aliphatic hydroxyl groups is 1. The lowest BCUT2D eigenvalue weighted by molar-refractivity contribution is -0.252. The van der Waals surface area contributed by atoms with Crippen LogP contribution in [0.2, 0.25) is 0 Å². The van der Waals surface area contributed by atoms with Gasteiger partial charge in [0.05, 0.1) is 18.8 Å². The van der Waals surface area contributed by atoms with Crippen molar-refractivity contribution in [2.45, 2.75) is 63.8 Å². The molecule has 4 N–H and O–H groups in total. The molecule has 9 heteroatoms. The van der Waals surface area contributed by atoms with Gasteiger partial charge in [0.2, 0.25) is 11.8 Å². The van der Waals surface area contributed by atoms with Gasteiger partial charge in [0, 0.05) is 44.5 Å². The topological polar surface area (TPSA) is 120 Å². The van der Waals surface area contributed by atoms with Crippen molar-refractivity contribution in [1.29, 1.82) is 0 Å². The molecular weight excluding hydrogens is 558 g/mol. The Morgan fingerprint density at radius 2 is 1.64 bits per heavy atom. The number of ether oxygens (including phenoxy) is 2. The monoisotopic (exact) mass is 601 g/mol. The van der Waals surface area contributed by atoms with Crippen molar-refractivity contribution in [2.75, 3.05) is 20.1 Å². The summed E-state index contributed by atoms with van der Waals surface area (Å²) >= 11 is 0. The molecule has 1 saturated heterocycles. The number of carbonyl (C=O) groups is 2. The number of carbonyl (C=O) groups excluding carboxylic acids is 2. The fourth-order valence-electron chi connectivity index (χ4n) is 5.32. The zero-order chi connectivity index (χ0) is 31.3. The zero-order valence-electron chi connectivity index (χ0n) is 25.3. The van der Waals surface area contributed by atoms with E-state index in [1.165, 1.54) is 0 Å². The van der Waals surface area contributed by atoms with E-state index in [0.717, 1.165) is 46.5 Å². The molecule has 9 nitrogen and oxygen atoms in total. The van der Waals surface area contributed by atoms with E-state index in [1.54, 1.807) is 5.48 Å². The molecule has 4 rings (SSSR count). The molecule has 1 fully saturated rings. The minimum absolute atomic E-state index is 0.000266. The van der Waals surface area contributed by atoms with Gasteiger partial charge in [-0.2, -0.15) is 0 Å². The summed E-state index contributed by atoms with van der Waals surface area (Å²) in [6.07, 6.45) is 3.43. The van der Waals surface area contributed by atoms with Crippen molar-refractivity contribution >= 4 is 11.8 Å². The van der Waals surface area contributed by atoms with Crippen LogP contribution >= 0.6 is 0 Å². The van der Waals surface area contributed by atoms with Crippen LogP contribution in [0.3, 0.4) is 0 Å². The van der Waals surface area contributed by atoms with Crippen LogP contribution in [0.15, 0.2) is 85.5 Å². The van der Waals surface area contributed by atoms with E-state index in [2.05, 4.69) is 36.0 Å². The normalized spacial score (nSPS) is 18.1. The number of unbranched alkanes of at least 4 members (excludes halogenated alkanes) is 1. The number of hydrogen-bond donors (Lipinski definition) is 4. The molecule has 0 spiro atoms. The Bertz CT molecular complexity index is 1380. The minimum Gasteiger partial charge on any atom is -0.392 e. The summed E-state index contributed by atoms with van der Waals surface area (Å²) in [4.78, 5) is 25.6. The van der Waals surface area contributed by atoms with Crippen molar-refractivity contribution in [1.82, 2.24) is 15.7 Å². The van der Waals surface area contributed by atoms with Crippen molar-refractivity contribution in [2.24, 2.45) is 0 Å². The first-order valence-corrected chi connectivity index (χ1v) is 15.1. The zero-order valence-corrected chi connectivity index (χ0v) is 25.3. The third kappa shape index (κ3) is 9.83. The first kappa shape index (κ1) is 33.0. The Balaban J connectivity index is 1.44. The number of aliphatic hydroxyl groups excluding tert-OH is 1. The number of hydroxylamine groups is 1. The van der Waals surface area contributed by atoms with Crippen LogP contribution in [0.5, 0.6) is 0 Å². The second kappa shape index (κ2) is 16.8. The molecule has 3 aromatic rings. The molecule has 0 unspecified atom stereocenters. The molecular formula is C35H43N3O6. The lowest BCUT2D eigenvalue weighted by Crippen LogP contribution is -2.37. The molecule has 0 aromatic heterocycles. The Labute approximate surface area is 259 Å². The SMILES string of the molecule is C=CCN(C)C[C@@H]1C[C@H](c2ccc(CO)cc2)O[C@H](c2cccc(-c3cccc(CNC(=O)CCCCC(=O)NO)c3)c2)O1. The molecule has 1 aliphatic rings. The highest BCUT2D eigenvalue weighted by atomic mass is 16.7. The maximum absolute atomic E-state index is 12.3. The number of nitrogens with one attached hydrogen (secondary N) is 2. The molecule has 2 amide bonds. The first-order chi connectivity index (χ1) is 21.4. The Hall–Kier alpha value is -3.86. The van der Waals surface area contributed by atoms with Crippen LogP contribution in [0.4, 0.5) is 0 Å². The van der Waals surface area contributed by atoms with Crippen molar-refractivity contribution in [3.63, 3.8) is 0 Å². The molecule has 0 radical (unpaired) electrons. The predicted octanol–water partition coefficient (Wildman–Crippen LogP) is 5.19. The standard InChI is InChI=1S/C35H43N3O6/c1-3-18-38(2)23-31-21-32(27-16-14-25(24-39)15-17-27)44-35(43-31)30-11-7-10-29(20-30)28-9-6-8-26(19-28)22-36-33(40)12-4-5-13-34(41)37-42/h3,6-11,14-17,19-20,31-32,35,39,42H,1,4-5,12-13,18,21-24H2,2H3,(H,36,40)(H,37,41)/t31-,32+,35+/m0/s1.